The molecule has 0 saturated heterocycles. The minimum Gasteiger partial charge on any atom is -0.415 e. The molecule has 3 aromatic rings. The average Bonchev–Trinajstić information content (AvgIpc) is 3.12. The molecule has 132 valence electrons. The molecule has 1 heterocycles. The van der Waals surface area contributed by atoms with Gasteiger partial charge >= 0.3 is 0 Å². The van der Waals surface area contributed by atoms with Gasteiger partial charge in [-0.05, 0) is 35.3 Å². The topological polar surface area (TPSA) is 82.1 Å². The molecule has 0 N–H and O–H groups in total. The minimum absolute atomic E-state index is 0.00346. The predicted octanol–water partition coefficient (Wildman–Crippen LogP) is 5.51. The Kier molecular flexibility index (Phi) is 5.14. The Morgan fingerprint density at radius 1 is 1.12 bits per heavy atom. The maximum Gasteiger partial charge on any atom is 0.269 e. The fourth-order valence-corrected chi connectivity index (χ4v) is 2.55. The molecule has 0 aliphatic heterocycles. The van der Waals surface area contributed by atoms with Crippen LogP contribution in [0, 0.1) is 10.1 Å². The van der Waals surface area contributed by atoms with Crippen LogP contribution in [-0.2, 0) is 0 Å². The van der Waals surface area contributed by atoms with E-state index < -0.39 is 4.92 Å². The second kappa shape index (κ2) is 7.49. The van der Waals surface area contributed by atoms with Crippen LogP contribution in [0.25, 0.3) is 22.6 Å². The van der Waals surface area contributed by atoms with Crippen molar-refractivity contribution in [2.75, 3.05) is 0 Å². The molecular weight excluding hydrogens is 354 g/mol. The van der Waals surface area contributed by atoms with Gasteiger partial charge in [-0.2, -0.15) is 0 Å². The summed E-state index contributed by atoms with van der Waals surface area (Å²) in [4.78, 5) is 10.2. The summed E-state index contributed by atoms with van der Waals surface area (Å²) < 4.78 is 5.57. The molecule has 0 aliphatic rings. The zero-order valence-corrected chi connectivity index (χ0v) is 15.0. The molecule has 0 aliphatic carbocycles. The van der Waals surface area contributed by atoms with Crippen molar-refractivity contribution in [1.82, 2.24) is 10.2 Å². The predicted molar refractivity (Wildman–Crippen MR) is 101 cm³/mol. The number of hydrogen-bond donors (Lipinski definition) is 0. The second-order valence-corrected chi connectivity index (χ2v) is 6.44. The van der Waals surface area contributed by atoms with Crippen LogP contribution in [0.4, 0.5) is 5.69 Å². The van der Waals surface area contributed by atoms with Crippen molar-refractivity contribution in [3.8, 4) is 11.5 Å². The zero-order chi connectivity index (χ0) is 18.7. The van der Waals surface area contributed by atoms with E-state index in [1.807, 2.05) is 12.1 Å². The quantitative estimate of drug-likeness (QED) is 0.437. The van der Waals surface area contributed by atoms with E-state index in [0.717, 1.165) is 5.56 Å². The lowest BCUT2D eigenvalue weighted by Crippen LogP contribution is -1.87. The number of benzene rings is 2. The standard InChI is InChI=1S/C19H16ClN3O3/c1-12(2)14-5-3-13(4-6-14)11-17(20)19-22-21-18(26-19)15-7-9-16(10-8-15)23(24)25/h3-12H,1-2H3/b17-11-. The van der Waals surface area contributed by atoms with Gasteiger partial charge in [-0.1, -0.05) is 49.7 Å². The first-order chi connectivity index (χ1) is 12.4. The Morgan fingerprint density at radius 2 is 1.77 bits per heavy atom. The number of rotatable bonds is 5. The molecule has 7 heteroatoms. The van der Waals surface area contributed by atoms with Crippen molar-refractivity contribution in [2.45, 2.75) is 19.8 Å². The number of nitro benzene ring substituents is 1. The lowest BCUT2D eigenvalue weighted by atomic mass is 10.0. The Bertz CT molecular complexity index is 945. The molecular formula is C19H16ClN3O3. The third kappa shape index (κ3) is 3.97. The minimum atomic E-state index is -0.465. The van der Waals surface area contributed by atoms with Crippen LogP contribution in [0.5, 0.6) is 0 Å². The number of nitro groups is 1. The van der Waals surface area contributed by atoms with Crippen molar-refractivity contribution < 1.29 is 9.34 Å². The van der Waals surface area contributed by atoms with Crippen molar-refractivity contribution >= 4 is 28.4 Å². The van der Waals surface area contributed by atoms with Crippen LogP contribution in [0.1, 0.15) is 36.8 Å². The van der Waals surface area contributed by atoms with E-state index in [1.54, 1.807) is 18.2 Å². The van der Waals surface area contributed by atoms with Gasteiger partial charge in [0.1, 0.15) is 5.03 Å². The molecule has 0 atom stereocenters. The maximum absolute atomic E-state index is 10.7. The van der Waals surface area contributed by atoms with E-state index in [0.29, 0.717) is 16.5 Å². The van der Waals surface area contributed by atoms with Gasteiger partial charge in [0.2, 0.25) is 5.89 Å². The zero-order valence-electron chi connectivity index (χ0n) is 14.2. The number of non-ortho nitro benzene ring substituents is 1. The van der Waals surface area contributed by atoms with Crippen LogP contribution in [0.2, 0.25) is 0 Å². The van der Waals surface area contributed by atoms with Gasteiger partial charge in [0.25, 0.3) is 11.6 Å². The van der Waals surface area contributed by atoms with Gasteiger partial charge in [-0.15, -0.1) is 10.2 Å². The summed E-state index contributed by atoms with van der Waals surface area (Å²) in [5.41, 5.74) is 2.75. The highest BCUT2D eigenvalue weighted by Gasteiger charge is 2.13. The van der Waals surface area contributed by atoms with E-state index in [-0.39, 0.29) is 17.5 Å². The Balaban J connectivity index is 1.80. The summed E-state index contributed by atoms with van der Waals surface area (Å²) in [5.74, 6) is 0.897. The summed E-state index contributed by atoms with van der Waals surface area (Å²) in [6, 6.07) is 13.9. The molecule has 3 rings (SSSR count). The molecule has 0 radical (unpaired) electrons. The molecule has 2 aromatic carbocycles. The third-order valence-corrected chi connectivity index (χ3v) is 4.12. The second-order valence-electron chi connectivity index (χ2n) is 6.03. The first-order valence-corrected chi connectivity index (χ1v) is 8.37. The Hall–Kier alpha value is -2.99. The van der Waals surface area contributed by atoms with Gasteiger partial charge in [0, 0.05) is 17.7 Å². The molecule has 1 aromatic heterocycles. The van der Waals surface area contributed by atoms with Crippen LogP contribution < -0.4 is 0 Å². The highest BCUT2D eigenvalue weighted by atomic mass is 35.5. The molecule has 6 nitrogen and oxygen atoms in total. The summed E-state index contributed by atoms with van der Waals surface area (Å²) in [7, 11) is 0. The monoisotopic (exact) mass is 369 g/mol. The van der Waals surface area contributed by atoms with Crippen LogP contribution in [0.15, 0.2) is 52.9 Å². The highest BCUT2D eigenvalue weighted by molar-refractivity contribution is 6.50. The van der Waals surface area contributed by atoms with E-state index in [4.69, 9.17) is 16.0 Å². The van der Waals surface area contributed by atoms with Crippen LogP contribution >= 0.6 is 11.6 Å². The summed E-state index contributed by atoms with van der Waals surface area (Å²) in [6.07, 6.45) is 1.75. The average molecular weight is 370 g/mol. The fraction of sp³-hybridized carbons (Fsp3) is 0.158. The van der Waals surface area contributed by atoms with Crippen LogP contribution in [-0.4, -0.2) is 15.1 Å². The van der Waals surface area contributed by atoms with Gasteiger partial charge in [-0.25, -0.2) is 0 Å². The van der Waals surface area contributed by atoms with E-state index in [9.17, 15) is 10.1 Å². The number of hydrogen-bond acceptors (Lipinski definition) is 5. The number of halogens is 1. The van der Waals surface area contributed by atoms with E-state index in [1.165, 1.54) is 17.7 Å². The van der Waals surface area contributed by atoms with E-state index >= 15 is 0 Å². The first kappa shape index (κ1) is 17.8. The largest absolute Gasteiger partial charge is 0.415 e. The fourth-order valence-electron chi connectivity index (χ4n) is 2.35. The smallest absolute Gasteiger partial charge is 0.269 e. The van der Waals surface area contributed by atoms with Crippen molar-refractivity contribution in [1.29, 1.82) is 0 Å². The van der Waals surface area contributed by atoms with Gasteiger partial charge in [0.05, 0.1) is 4.92 Å². The summed E-state index contributed by atoms with van der Waals surface area (Å²) in [6.45, 7) is 4.27. The molecule has 0 saturated carbocycles. The molecule has 0 fully saturated rings. The summed E-state index contributed by atoms with van der Waals surface area (Å²) >= 11 is 6.29. The number of aromatic nitrogens is 2. The molecule has 0 amide bonds. The molecule has 0 spiro atoms. The van der Waals surface area contributed by atoms with Crippen molar-refractivity contribution in [3.05, 3.63) is 75.7 Å². The SMILES string of the molecule is CC(C)c1ccc(/C=C(\Cl)c2nnc(-c3ccc([N+](=O)[O-])cc3)o2)cc1. The van der Waals surface area contributed by atoms with Gasteiger partial charge in [-0.3, -0.25) is 10.1 Å². The third-order valence-electron chi connectivity index (χ3n) is 3.85. The molecule has 0 bridgehead atoms. The number of nitrogens with zero attached hydrogens (tertiary/aromatic N) is 3. The van der Waals surface area contributed by atoms with Gasteiger partial charge < -0.3 is 4.42 Å². The van der Waals surface area contributed by atoms with Crippen LogP contribution in [0.3, 0.4) is 0 Å². The van der Waals surface area contributed by atoms with Crippen molar-refractivity contribution in [3.63, 3.8) is 0 Å². The molecule has 26 heavy (non-hydrogen) atoms. The molecule has 0 unspecified atom stereocenters. The normalized spacial score (nSPS) is 11.8. The van der Waals surface area contributed by atoms with E-state index in [2.05, 4.69) is 36.2 Å². The highest BCUT2D eigenvalue weighted by Crippen LogP contribution is 2.26. The lowest BCUT2D eigenvalue weighted by Gasteiger charge is -2.04. The van der Waals surface area contributed by atoms with Crippen molar-refractivity contribution in [2.24, 2.45) is 0 Å². The first-order valence-electron chi connectivity index (χ1n) is 8.00. The Labute approximate surface area is 155 Å². The Morgan fingerprint density at radius 3 is 2.35 bits per heavy atom. The lowest BCUT2D eigenvalue weighted by molar-refractivity contribution is -0.384. The van der Waals surface area contributed by atoms with Gasteiger partial charge in [0.15, 0.2) is 0 Å². The maximum atomic E-state index is 10.7. The summed E-state index contributed by atoms with van der Waals surface area (Å²) in [5, 5.41) is 18.9.